The molecule has 2 atom stereocenters. The number of nitrogens with zero attached hydrogens (tertiary/aromatic N) is 3. The van der Waals surface area contributed by atoms with Crippen LogP contribution in [0.1, 0.15) is 43.2 Å². The van der Waals surface area contributed by atoms with E-state index in [1.165, 1.54) is 7.11 Å². The van der Waals surface area contributed by atoms with Gasteiger partial charge in [-0.1, -0.05) is 12.1 Å². The SMILES string of the molecule is COC(=O)C1=C(c2cccc(C#N)c2)CC2CCC1N2C(=O)N1CCCC1. The maximum absolute atomic E-state index is 13.1. The average Bonchev–Trinajstić information content (AvgIpc) is 3.34. The number of hydrogen-bond acceptors (Lipinski definition) is 4. The van der Waals surface area contributed by atoms with Gasteiger partial charge in [-0.25, -0.2) is 9.59 Å². The van der Waals surface area contributed by atoms with Crippen molar-refractivity contribution in [3.63, 3.8) is 0 Å². The first-order valence-electron chi connectivity index (χ1n) is 9.53. The number of carbonyl (C=O) groups excluding carboxylic acids is 2. The van der Waals surface area contributed by atoms with Gasteiger partial charge in [-0.2, -0.15) is 5.26 Å². The number of carbonyl (C=O) groups is 2. The molecule has 6 heteroatoms. The van der Waals surface area contributed by atoms with Crippen molar-refractivity contribution in [2.75, 3.05) is 20.2 Å². The average molecular weight is 365 g/mol. The van der Waals surface area contributed by atoms with Gasteiger partial charge in [0.25, 0.3) is 0 Å². The first-order valence-corrected chi connectivity index (χ1v) is 9.53. The molecule has 6 nitrogen and oxygen atoms in total. The van der Waals surface area contributed by atoms with Gasteiger partial charge in [-0.15, -0.1) is 0 Å². The molecular weight excluding hydrogens is 342 g/mol. The van der Waals surface area contributed by atoms with Crippen LogP contribution in [0, 0.1) is 11.3 Å². The van der Waals surface area contributed by atoms with Crippen molar-refractivity contribution < 1.29 is 14.3 Å². The summed E-state index contributed by atoms with van der Waals surface area (Å²) in [5.41, 5.74) is 2.93. The molecular formula is C21H23N3O3. The second-order valence-electron chi connectivity index (χ2n) is 7.41. The molecule has 4 rings (SSSR count). The van der Waals surface area contributed by atoms with E-state index in [9.17, 15) is 14.9 Å². The molecule has 2 saturated heterocycles. The molecule has 3 heterocycles. The smallest absolute Gasteiger partial charge is 0.336 e. The lowest BCUT2D eigenvalue weighted by atomic mass is 9.88. The van der Waals surface area contributed by atoms with Crippen molar-refractivity contribution in [2.45, 2.75) is 44.2 Å². The lowest BCUT2D eigenvalue weighted by Crippen LogP contribution is -2.51. The van der Waals surface area contributed by atoms with E-state index in [0.717, 1.165) is 49.9 Å². The third-order valence-electron chi connectivity index (χ3n) is 5.94. The van der Waals surface area contributed by atoms with E-state index < -0.39 is 0 Å². The molecule has 2 amide bonds. The molecule has 27 heavy (non-hydrogen) atoms. The molecule has 0 spiro atoms. The molecule has 140 valence electrons. The molecule has 1 aromatic carbocycles. The summed E-state index contributed by atoms with van der Waals surface area (Å²) >= 11 is 0. The summed E-state index contributed by atoms with van der Waals surface area (Å²) < 4.78 is 5.09. The fraction of sp³-hybridized carbons (Fsp3) is 0.476. The number of esters is 1. The number of ether oxygens (including phenoxy) is 1. The Hall–Kier alpha value is -2.81. The van der Waals surface area contributed by atoms with Crippen LogP contribution in [0.4, 0.5) is 4.79 Å². The molecule has 0 aromatic heterocycles. The van der Waals surface area contributed by atoms with Gasteiger partial charge in [0.2, 0.25) is 0 Å². The summed E-state index contributed by atoms with van der Waals surface area (Å²) in [7, 11) is 1.38. The lowest BCUT2D eigenvalue weighted by Gasteiger charge is -2.39. The molecule has 3 aliphatic rings. The van der Waals surface area contributed by atoms with Gasteiger partial charge in [0.1, 0.15) is 0 Å². The van der Waals surface area contributed by atoms with Crippen LogP contribution in [0.3, 0.4) is 0 Å². The van der Waals surface area contributed by atoms with Crippen LogP contribution in [0.2, 0.25) is 0 Å². The number of nitriles is 1. The number of benzene rings is 1. The standard InChI is InChI=1S/C21H23N3O3/c1-27-20(25)19-17(15-6-4-5-14(11-15)13-22)12-16-7-8-18(19)24(16)21(26)23-9-2-3-10-23/h4-6,11,16,18H,2-3,7-10,12H2,1H3. The topological polar surface area (TPSA) is 73.6 Å². The maximum Gasteiger partial charge on any atom is 0.336 e. The predicted molar refractivity (Wildman–Crippen MR) is 99.6 cm³/mol. The van der Waals surface area contributed by atoms with Crippen LogP contribution in [-0.4, -0.2) is 54.1 Å². The number of amides is 2. The Morgan fingerprint density at radius 1 is 1.22 bits per heavy atom. The molecule has 1 aromatic rings. The minimum atomic E-state index is -0.378. The Balaban J connectivity index is 1.76. The monoisotopic (exact) mass is 365 g/mol. The molecule has 2 fully saturated rings. The van der Waals surface area contributed by atoms with Crippen LogP contribution >= 0.6 is 0 Å². The molecule has 0 N–H and O–H groups in total. The van der Waals surface area contributed by atoms with E-state index in [4.69, 9.17) is 4.74 Å². The number of fused-ring (bicyclic) bond motifs is 2. The van der Waals surface area contributed by atoms with Crippen LogP contribution < -0.4 is 0 Å². The largest absolute Gasteiger partial charge is 0.466 e. The summed E-state index contributed by atoms with van der Waals surface area (Å²) in [4.78, 5) is 29.6. The van der Waals surface area contributed by atoms with E-state index in [2.05, 4.69) is 6.07 Å². The number of rotatable bonds is 2. The van der Waals surface area contributed by atoms with Crippen molar-refractivity contribution in [3.05, 3.63) is 41.0 Å². The van der Waals surface area contributed by atoms with Crippen LogP contribution in [-0.2, 0) is 9.53 Å². The van der Waals surface area contributed by atoms with E-state index in [1.54, 1.807) is 6.07 Å². The van der Waals surface area contributed by atoms with Crippen molar-refractivity contribution in [1.82, 2.24) is 9.80 Å². The van der Waals surface area contributed by atoms with Gasteiger partial charge in [0.15, 0.2) is 0 Å². The van der Waals surface area contributed by atoms with Gasteiger partial charge < -0.3 is 14.5 Å². The fourth-order valence-corrected chi connectivity index (χ4v) is 4.69. The molecule has 2 bridgehead atoms. The highest BCUT2D eigenvalue weighted by Gasteiger charge is 2.47. The van der Waals surface area contributed by atoms with Crippen molar-refractivity contribution >= 4 is 17.6 Å². The maximum atomic E-state index is 13.1. The zero-order valence-electron chi connectivity index (χ0n) is 15.5. The minimum Gasteiger partial charge on any atom is -0.466 e. The second kappa shape index (κ2) is 7.07. The lowest BCUT2D eigenvalue weighted by molar-refractivity contribution is -0.136. The van der Waals surface area contributed by atoms with Gasteiger partial charge in [-0.05, 0) is 55.4 Å². The number of hydrogen-bond donors (Lipinski definition) is 0. The van der Waals surface area contributed by atoms with Crippen LogP contribution in [0.15, 0.2) is 29.8 Å². The van der Waals surface area contributed by atoms with Crippen molar-refractivity contribution in [3.8, 4) is 6.07 Å². The highest BCUT2D eigenvalue weighted by Crippen LogP contribution is 2.44. The number of methoxy groups -OCH3 is 1. The highest BCUT2D eigenvalue weighted by atomic mass is 16.5. The zero-order valence-corrected chi connectivity index (χ0v) is 15.5. The van der Waals surface area contributed by atoms with E-state index in [0.29, 0.717) is 17.6 Å². The number of urea groups is 1. The van der Waals surface area contributed by atoms with E-state index in [1.807, 2.05) is 28.0 Å². The Bertz CT molecular complexity index is 848. The fourth-order valence-electron chi connectivity index (χ4n) is 4.69. The van der Waals surface area contributed by atoms with Crippen LogP contribution in [0.5, 0.6) is 0 Å². The minimum absolute atomic E-state index is 0.0474. The summed E-state index contributed by atoms with van der Waals surface area (Å²) in [5, 5.41) is 9.22. The molecule has 2 unspecified atom stereocenters. The summed E-state index contributed by atoms with van der Waals surface area (Å²) in [5.74, 6) is -0.378. The summed E-state index contributed by atoms with van der Waals surface area (Å²) in [6.45, 7) is 1.59. The molecule has 0 saturated carbocycles. The second-order valence-corrected chi connectivity index (χ2v) is 7.41. The Labute approximate surface area is 159 Å². The quantitative estimate of drug-likeness (QED) is 0.756. The normalized spacial score (nSPS) is 24.1. The first-order chi connectivity index (χ1) is 13.1. The highest BCUT2D eigenvalue weighted by molar-refractivity contribution is 6.01. The van der Waals surface area contributed by atoms with Crippen molar-refractivity contribution in [2.24, 2.45) is 0 Å². The Kier molecular flexibility index (Phi) is 4.61. The third kappa shape index (κ3) is 2.97. The van der Waals surface area contributed by atoms with Gasteiger partial charge in [-0.3, -0.25) is 0 Å². The summed E-state index contributed by atoms with van der Waals surface area (Å²) in [6, 6.07) is 9.38. The predicted octanol–water partition coefficient (Wildman–Crippen LogP) is 2.94. The van der Waals surface area contributed by atoms with E-state index >= 15 is 0 Å². The summed E-state index contributed by atoms with van der Waals surface area (Å²) in [6.07, 6.45) is 4.36. The Morgan fingerprint density at radius 2 is 2.00 bits per heavy atom. The van der Waals surface area contributed by atoms with Crippen LogP contribution in [0.25, 0.3) is 5.57 Å². The van der Waals surface area contributed by atoms with Crippen molar-refractivity contribution in [1.29, 1.82) is 5.26 Å². The zero-order chi connectivity index (χ0) is 19.0. The molecule has 0 aliphatic carbocycles. The van der Waals surface area contributed by atoms with Gasteiger partial charge >= 0.3 is 12.0 Å². The van der Waals surface area contributed by atoms with Gasteiger partial charge in [0, 0.05) is 19.1 Å². The van der Waals surface area contributed by atoms with Gasteiger partial charge in [0.05, 0.1) is 30.4 Å². The molecule has 0 radical (unpaired) electrons. The first kappa shape index (κ1) is 17.6. The third-order valence-corrected chi connectivity index (χ3v) is 5.94. The van der Waals surface area contributed by atoms with E-state index in [-0.39, 0.29) is 24.1 Å². The number of likely N-dealkylation sites (tertiary alicyclic amines) is 1. The Morgan fingerprint density at radius 3 is 2.70 bits per heavy atom. The molecule has 3 aliphatic heterocycles.